The Bertz CT molecular complexity index is 710. The van der Waals surface area contributed by atoms with Crippen LogP contribution in [-0.4, -0.2) is 19.6 Å². The summed E-state index contributed by atoms with van der Waals surface area (Å²) in [6, 6.07) is 11.2. The number of anilines is 1. The van der Waals surface area contributed by atoms with Crippen LogP contribution in [0.25, 0.3) is 0 Å². The van der Waals surface area contributed by atoms with Crippen molar-refractivity contribution in [3.05, 3.63) is 52.5 Å². The fraction of sp³-hybridized carbons (Fsp3) is 0.235. The zero-order valence-corrected chi connectivity index (χ0v) is 13.2. The van der Waals surface area contributed by atoms with Crippen LogP contribution in [0.1, 0.15) is 11.1 Å². The lowest BCUT2D eigenvalue weighted by Gasteiger charge is -2.23. The maximum atomic E-state index is 12.5. The summed E-state index contributed by atoms with van der Waals surface area (Å²) in [7, 11) is 1.58. The summed E-state index contributed by atoms with van der Waals surface area (Å²) in [4.78, 5) is 14.2. The number of benzene rings is 2. The van der Waals surface area contributed by atoms with E-state index in [0.29, 0.717) is 23.1 Å². The van der Waals surface area contributed by atoms with Crippen molar-refractivity contribution in [1.82, 2.24) is 0 Å². The Balaban J connectivity index is 2.08. The van der Waals surface area contributed by atoms with Gasteiger partial charge < -0.3 is 14.4 Å². The average molecular weight is 318 g/mol. The topological polar surface area (TPSA) is 38.8 Å². The van der Waals surface area contributed by atoms with Gasteiger partial charge in [-0.1, -0.05) is 35.9 Å². The molecule has 0 saturated heterocycles. The van der Waals surface area contributed by atoms with Crippen molar-refractivity contribution in [2.24, 2.45) is 0 Å². The SMILES string of the molecule is COc1cccc2c1OCC(=O)N(c1c(C)cccc1Cl)C2. The zero-order chi connectivity index (χ0) is 15.7. The van der Waals surface area contributed by atoms with Crippen molar-refractivity contribution >= 4 is 23.2 Å². The minimum Gasteiger partial charge on any atom is -0.493 e. The minimum absolute atomic E-state index is 0.0436. The van der Waals surface area contributed by atoms with Crippen LogP contribution in [-0.2, 0) is 11.3 Å². The van der Waals surface area contributed by atoms with Crippen LogP contribution in [0.5, 0.6) is 11.5 Å². The number of para-hydroxylation sites is 2. The highest BCUT2D eigenvalue weighted by Crippen LogP contribution is 2.37. The lowest BCUT2D eigenvalue weighted by molar-refractivity contribution is -0.120. The third kappa shape index (κ3) is 2.50. The number of carbonyl (C=O) groups is 1. The van der Waals surface area contributed by atoms with Gasteiger partial charge in [0.05, 0.1) is 24.4 Å². The van der Waals surface area contributed by atoms with E-state index in [1.54, 1.807) is 18.1 Å². The second kappa shape index (κ2) is 5.89. The van der Waals surface area contributed by atoms with Crippen LogP contribution < -0.4 is 14.4 Å². The molecule has 0 spiro atoms. The van der Waals surface area contributed by atoms with Crippen LogP contribution in [0.2, 0.25) is 5.02 Å². The second-order valence-electron chi connectivity index (χ2n) is 5.12. The average Bonchev–Trinajstić information content (AvgIpc) is 2.67. The van der Waals surface area contributed by atoms with E-state index in [1.165, 1.54) is 0 Å². The molecule has 0 radical (unpaired) electrons. The first kappa shape index (κ1) is 14.7. The number of carbonyl (C=O) groups excluding carboxylic acids is 1. The Kier molecular flexibility index (Phi) is 3.94. The molecular weight excluding hydrogens is 302 g/mol. The summed E-state index contributed by atoms with van der Waals surface area (Å²) in [6.45, 7) is 2.29. The number of methoxy groups -OCH3 is 1. The Labute approximate surface area is 134 Å². The number of nitrogens with zero attached hydrogens (tertiary/aromatic N) is 1. The second-order valence-corrected chi connectivity index (χ2v) is 5.53. The number of rotatable bonds is 2. The molecule has 0 atom stereocenters. The molecule has 0 aromatic heterocycles. The third-order valence-corrected chi connectivity index (χ3v) is 4.01. The van der Waals surface area contributed by atoms with Gasteiger partial charge in [-0.25, -0.2) is 0 Å². The highest BCUT2D eigenvalue weighted by molar-refractivity contribution is 6.34. The number of amides is 1. The Morgan fingerprint density at radius 2 is 2.00 bits per heavy atom. The van der Waals surface area contributed by atoms with Gasteiger partial charge in [0.1, 0.15) is 0 Å². The smallest absolute Gasteiger partial charge is 0.265 e. The quantitative estimate of drug-likeness (QED) is 0.849. The molecule has 1 aliphatic rings. The predicted octanol–water partition coefficient (Wildman–Crippen LogP) is 3.58. The molecule has 22 heavy (non-hydrogen) atoms. The maximum Gasteiger partial charge on any atom is 0.265 e. The largest absolute Gasteiger partial charge is 0.493 e. The zero-order valence-electron chi connectivity index (χ0n) is 12.4. The van der Waals surface area contributed by atoms with Crippen LogP contribution >= 0.6 is 11.6 Å². The van der Waals surface area contributed by atoms with Crippen LogP contribution in [0.15, 0.2) is 36.4 Å². The van der Waals surface area contributed by atoms with Gasteiger partial charge in [0.15, 0.2) is 18.1 Å². The molecule has 1 aliphatic heterocycles. The number of fused-ring (bicyclic) bond motifs is 1. The molecular formula is C17H16ClNO3. The lowest BCUT2D eigenvalue weighted by atomic mass is 10.1. The number of ether oxygens (including phenoxy) is 2. The summed E-state index contributed by atoms with van der Waals surface area (Å²) in [5.74, 6) is 1.11. The van der Waals surface area contributed by atoms with E-state index in [9.17, 15) is 4.79 Å². The normalized spacial score (nSPS) is 14.1. The van der Waals surface area contributed by atoms with Gasteiger partial charge in [-0.05, 0) is 24.6 Å². The van der Waals surface area contributed by atoms with Gasteiger partial charge in [0.2, 0.25) is 0 Å². The van der Waals surface area contributed by atoms with Crippen molar-refractivity contribution < 1.29 is 14.3 Å². The molecule has 3 rings (SSSR count). The molecule has 0 aliphatic carbocycles. The van der Waals surface area contributed by atoms with Crippen molar-refractivity contribution in [2.45, 2.75) is 13.5 Å². The molecule has 5 heteroatoms. The summed E-state index contributed by atoms with van der Waals surface area (Å²) < 4.78 is 11.0. The molecule has 0 bridgehead atoms. The van der Waals surface area contributed by atoms with Crippen molar-refractivity contribution in [1.29, 1.82) is 0 Å². The highest BCUT2D eigenvalue weighted by Gasteiger charge is 2.27. The van der Waals surface area contributed by atoms with E-state index in [4.69, 9.17) is 21.1 Å². The van der Waals surface area contributed by atoms with Gasteiger partial charge in [0.25, 0.3) is 5.91 Å². The number of hydrogen-bond donors (Lipinski definition) is 0. The van der Waals surface area contributed by atoms with Crippen molar-refractivity contribution in [3.8, 4) is 11.5 Å². The lowest BCUT2D eigenvalue weighted by Crippen LogP contribution is -2.33. The number of hydrogen-bond acceptors (Lipinski definition) is 3. The van der Waals surface area contributed by atoms with E-state index in [0.717, 1.165) is 16.8 Å². The Morgan fingerprint density at radius 3 is 2.73 bits per heavy atom. The standard InChI is InChI=1S/C17H16ClNO3/c1-11-5-3-7-13(18)16(11)19-9-12-6-4-8-14(21-2)17(12)22-10-15(19)20/h3-8H,9-10H2,1-2H3. The minimum atomic E-state index is -0.130. The van der Waals surface area contributed by atoms with Gasteiger partial charge in [-0.2, -0.15) is 0 Å². The van der Waals surface area contributed by atoms with Crippen LogP contribution in [0, 0.1) is 6.92 Å². The monoisotopic (exact) mass is 317 g/mol. The fourth-order valence-electron chi connectivity index (χ4n) is 2.65. The number of halogens is 1. The predicted molar refractivity (Wildman–Crippen MR) is 85.9 cm³/mol. The molecule has 2 aromatic carbocycles. The van der Waals surface area contributed by atoms with Crippen molar-refractivity contribution in [2.75, 3.05) is 18.6 Å². The van der Waals surface area contributed by atoms with E-state index in [-0.39, 0.29) is 12.5 Å². The van der Waals surface area contributed by atoms with Crippen molar-refractivity contribution in [3.63, 3.8) is 0 Å². The number of aryl methyl sites for hydroxylation is 1. The first-order valence-corrected chi connectivity index (χ1v) is 7.33. The summed E-state index contributed by atoms with van der Waals surface area (Å²) in [5.41, 5.74) is 2.57. The molecule has 4 nitrogen and oxygen atoms in total. The van der Waals surface area contributed by atoms with Gasteiger partial charge in [0, 0.05) is 5.56 Å². The van der Waals surface area contributed by atoms with Gasteiger partial charge in [-0.15, -0.1) is 0 Å². The van der Waals surface area contributed by atoms with E-state index >= 15 is 0 Å². The fourth-order valence-corrected chi connectivity index (χ4v) is 2.97. The van der Waals surface area contributed by atoms with Crippen LogP contribution in [0.4, 0.5) is 5.69 Å². The van der Waals surface area contributed by atoms with Crippen LogP contribution in [0.3, 0.4) is 0 Å². The Hall–Kier alpha value is -2.20. The molecule has 1 amide bonds. The molecule has 0 fully saturated rings. The molecule has 2 aromatic rings. The third-order valence-electron chi connectivity index (χ3n) is 3.71. The maximum absolute atomic E-state index is 12.5. The highest BCUT2D eigenvalue weighted by atomic mass is 35.5. The van der Waals surface area contributed by atoms with E-state index in [1.807, 2.05) is 37.3 Å². The molecule has 114 valence electrons. The molecule has 0 N–H and O–H groups in total. The first-order valence-electron chi connectivity index (χ1n) is 6.96. The summed E-state index contributed by atoms with van der Waals surface area (Å²) >= 11 is 6.31. The molecule has 0 unspecified atom stereocenters. The van der Waals surface area contributed by atoms with E-state index < -0.39 is 0 Å². The van der Waals surface area contributed by atoms with Gasteiger partial charge >= 0.3 is 0 Å². The molecule has 1 heterocycles. The first-order chi connectivity index (χ1) is 10.6. The molecule has 0 saturated carbocycles. The Morgan fingerprint density at radius 1 is 1.23 bits per heavy atom. The summed E-state index contributed by atoms with van der Waals surface area (Å²) in [6.07, 6.45) is 0. The summed E-state index contributed by atoms with van der Waals surface area (Å²) in [5, 5.41) is 0.555. The van der Waals surface area contributed by atoms with E-state index in [2.05, 4.69) is 0 Å². The van der Waals surface area contributed by atoms with Gasteiger partial charge in [-0.3, -0.25) is 4.79 Å².